The van der Waals surface area contributed by atoms with Gasteiger partial charge in [-0.25, -0.2) is 18.9 Å². The number of thiophene rings is 1. The van der Waals surface area contributed by atoms with E-state index >= 15 is 0 Å². The van der Waals surface area contributed by atoms with Gasteiger partial charge in [0.1, 0.15) is 11.9 Å². The number of hydrogen-bond acceptors (Lipinski definition) is 7. The lowest BCUT2D eigenvalue weighted by Gasteiger charge is -2.13. The summed E-state index contributed by atoms with van der Waals surface area (Å²) < 4.78 is 24.4. The number of aliphatic hydroxyl groups is 1. The first kappa shape index (κ1) is 20.8. The number of carbonyl (C=O) groups is 3. The van der Waals surface area contributed by atoms with Crippen LogP contribution in [0.5, 0.6) is 0 Å². The maximum atomic E-state index is 14.1. The fraction of sp³-hybridized carbons (Fsp3) is 0.167. The molecule has 1 aromatic carbocycles. The Kier molecular flexibility index (Phi) is 5.87. The van der Waals surface area contributed by atoms with Crippen LogP contribution < -0.4 is 10.6 Å². The zero-order valence-electron chi connectivity index (χ0n) is 14.8. The number of fused-ring (bicyclic) bond motifs is 1. The largest absolute Gasteiger partial charge is 0.455 e. The quantitative estimate of drug-likeness (QED) is 0.319. The number of ether oxygens (including phenoxy) is 2. The Morgan fingerprint density at radius 2 is 2.10 bits per heavy atom. The summed E-state index contributed by atoms with van der Waals surface area (Å²) >= 11 is 6.99. The number of nitrogens with two attached hydrogens (primary N) is 1. The normalized spacial score (nSPS) is 15.7. The second-order valence-corrected chi connectivity index (χ2v) is 7.20. The summed E-state index contributed by atoms with van der Waals surface area (Å²) in [7, 11) is 0. The molecule has 8 nitrogen and oxygen atoms in total. The van der Waals surface area contributed by atoms with E-state index in [0.717, 1.165) is 12.1 Å². The number of aliphatic hydroxyl groups excluding tert-OH is 1. The van der Waals surface area contributed by atoms with Gasteiger partial charge in [0.2, 0.25) is 6.79 Å². The Morgan fingerprint density at radius 3 is 2.69 bits per heavy atom. The van der Waals surface area contributed by atoms with E-state index in [1.54, 1.807) is 17.5 Å². The van der Waals surface area contributed by atoms with Crippen molar-refractivity contribution >= 4 is 57.9 Å². The first-order valence-corrected chi connectivity index (χ1v) is 9.37. The van der Waals surface area contributed by atoms with Crippen molar-refractivity contribution in [3.8, 4) is 0 Å². The second kappa shape index (κ2) is 8.19. The van der Waals surface area contributed by atoms with Crippen LogP contribution in [-0.4, -0.2) is 35.9 Å². The minimum atomic E-state index is -1.37. The van der Waals surface area contributed by atoms with E-state index in [1.165, 1.54) is 18.3 Å². The molecular weight excluding hydrogens is 427 g/mol. The van der Waals surface area contributed by atoms with E-state index in [1.807, 2.05) is 0 Å². The molecule has 29 heavy (non-hydrogen) atoms. The number of esters is 1. The van der Waals surface area contributed by atoms with Crippen LogP contribution in [0.15, 0.2) is 29.6 Å². The molecule has 0 radical (unpaired) electrons. The number of nitrogens with zero attached hydrogens (tertiary/aromatic N) is 1. The van der Waals surface area contributed by atoms with E-state index < -0.39 is 36.6 Å². The Morgan fingerprint density at radius 1 is 1.38 bits per heavy atom. The summed E-state index contributed by atoms with van der Waals surface area (Å²) in [5.41, 5.74) is 5.21. The summed E-state index contributed by atoms with van der Waals surface area (Å²) in [4.78, 5) is 37.3. The highest BCUT2D eigenvalue weighted by Crippen LogP contribution is 2.43. The molecule has 1 aliphatic heterocycles. The first-order valence-electron chi connectivity index (χ1n) is 8.11. The minimum Gasteiger partial charge on any atom is -0.455 e. The number of benzene rings is 1. The van der Waals surface area contributed by atoms with Gasteiger partial charge in [-0.3, -0.25) is 4.79 Å². The highest BCUT2D eigenvalue weighted by molar-refractivity contribution is 7.11. The summed E-state index contributed by atoms with van der Waals surface area (Å²) in [6, 6.07) is 4.32. The SMILES string of the molecule is CC(O)C(=O)OCO/C(=C1\C(=O)N(C(N)=O)c2cc(Cl)c(F)cc21)c1cccs1. The third-order valence-electron chi connectivity index (χ3n) is 3.90. The molecule has 2 heterocycles. The number of imide groups is 1. The average Bonchev–Trinajstić information content (AvgIpc) is 3.26. The molecule has 1 unspecified atom stereocenters. The van der Waals surface area contributed by atoms with Crippen LogP contribution in [-0.2, 0) is 19.1 Å². The molecular formula is C18H14ClFN2O6S. The lowest BCUT2D eigenvalue weighted by Crippen LogP contribution is -2.38. The van der Waals surface area contributed by atoms with Crippen molar-refractivity contribution < 1.29 is 33.4 Å². The van der Waals surface area contributed by atoms with E-state index in [9.17, 15) is 23.9 Å². The van der Waals surface area contributed by atoms with Crippen molar-refractivity contribution in [3.05, 3.63) is 50.9 Å². The van der Waals surface area contributed by atoms with E-state index in [0.29, 0.717) is 9.78 Å². The summed E-state index contributed by atoms with van der Waals surface area (Å²) in [5.74, 6) is -2.64. The van der Waals surface area contributed by atoms with Crippen LogP contribution in [0.4, 0.5) is 14.9 Å². The Balaban J connectivity index is 2.12. The third kappa shape index (κ3) is 3.95. The van der Waals surface area contributed by atoms with Crippen molar-refractivity contribution in [1.29, 1.82) is 0 Å². The lowest BCUT2D eigenvalue weighted by molar-refractivity contribution is -0.160. The van der Waals surface area contributed by atoms with Gasteiger partial charge in [-0.2, -0.15) is 0 Å². The van der Waals surface area contributed by atoms with Gasteiger partial charge in [-0.15, -0.1) is 11.3 Å². The summed E-state index contributed by atoms with van der Waals surface area (Å²) in [5, 5.41) is 10.6. The minimum absolute atomic E-state index is 0.00234. The molecule has 11 heteroatoms. The molecule has 2 aromatic rings. The molecule has 3 amide bonds. The topological polar surface area (TPSA) is 119 Å². The second-order valence-electron chi connectivity index (χ2n) is 5.85. The van der Waals surface area contributed by atoms with Crippen LogP contribution in [0.3, 0.4) is 0 Å². The Bertz CT molecular complexity index is 1020. The molecule has 0 fully saturated rings. The zero-order valence-corrected chi connectivity index (χ0v) is 16.4. The fourth-order valence-electron chi connectivity index (χ4n) is 2.64. The number of halogens is 2. The predicted octanol–water partition coefficient (Wildman–Crippen LogP) is 2.73. The number of urea groups is 1. The number of primary amides is 1. The van der Waals surface area contributed by atoms with Crippen LogP contribution in [0, 0.1) is 5.82 Å². The van der Waals surface area contributed by atoms with Gasteiger partial charge in [0, 0.05) is 5.56 Å². The number of hydrogen-bond donors (Lipinski definition) is 2. The molecule has 0 saturated heterocycles. The van der Waals surface area contributed by atoms with Gasteiger partial charge in [0.05, 0.1) is 21.2 Å². The maximum absolute atomic E-state index is 14.1. The molecule has 3 N–H and O–H groups in total. The standard InChI is InChI=1S/C18H14ClFN2O6S/c1-8(23)17(25)28-7-27-15(13-3-2-4-29-13)14-9-5-11(20)10(19)6-12(9)22(16(14)24)18(21)26/h2-6,8,23H,7H2,1H3,(H2,21,26)/b15-14-. The van der Waals surface area contributed by atoms with Crippen LogP contribution >= 0.6 is 22.9 Å². The number of anilines is 1. The van der Waals surface area contributed by atoms with E-state index in [4.69, 9.17) is 26.8 Å². The van der Waals surface area contributed by atoms with Gasteiger partial charge >= 0.3 is 12.0 Å². The Hall–Kier alpha value is -2.95. The summed E-state index contributed by atoms with van der Waals surface area (Å²) in [6.45, 7) is 0.588. The van der Waals surface area contributed by atoms with Crippen LogP contribution in [0.2, 0.25) is 5.02 Å². The number of carbonyl (C=O) groups excluding carboxylic acids is 3. The van der Waals surface area contributed by atoms with Crippen molar-refractivity contribution in [2.75, 3.05) is 11.7 Å². The molecule has 1 aliphatic rings. The predicted molar refractivity (Wildman–Crippen MR) is 103 cm³/mol. The lowest BCUT2D eigenvalue weighted by atomic mass is 10.0. The van der Waals surface area contributed by atoms with Gasteiger partial charge in [-0.05, 0) is 30.5 Å². The maximum Gasteiger partial charge on any atom is 0.337 e. The summed E-state index contributed by atoms with van der Waals surface area (Å²) in [6.07, 6.45) is -1.37. The number of rotatable bonds is 5. The first-order chi connectivity index (χ1) is 13.7. The van der Waals surface area contributed by atoms with E-state index in [-0.39, 0.29) is 27.6 Å². The van der Waals surface area contributed by atoms with E-state index in [2.05, 4.69) is 0 Å². The Labute approximate surface area is 172 Å². The van der Waals surface area contributed by atoms with Gasteiger partial charge in [-0.1, -0.05) is 17.7 Å². The van der Waals surface area contributed by atoms with Crippen LogP contribution in [0.25, 0.3) is 11.3 Å². The van der Waals surface area contributed by atoms with Gasteiger partial charge in [0.25, 0.3) is 5.91 Å². The van der Waals surface area contributed by atoms with Gasteiger partial charge in [0.15, 0.2) is 5.76 Å². The number of amides is 3. The molecule has 0 aliphatic carbocycles. The van der Waals surface area contributed by atoms with Crippen molar-refractivity contribution in [3.63, 3.8) is 0 Å². The van der Waals surface area contributed by atoms with Crippen molar-refractivity contribution in [2.45, 2.75) is 13.0 Å². The molecule has 0 spiro atoms. The molecule has 152 valence electrons. The third-order valence-corrected chi connectivity index (χ3v) is 5.06. The zero-order chi connectivity index (χ0) is 21.3. The van der Waals surface area contributed by atoms with Gasteiger partial charge < -0.3 is 20.3 Å². The molecule has 1 atom stereocenters. The molecule has 0 bridgehead atoms. The monoisotopic (exact) mass is 440 g/mol. The van der Waals surface area contributed by atoms with Crippen molar-refractivity contribution in [2.24, 2.45) is 5.73 Å². The molecule has 3 rings (SSSR count). The molecule has 1 aromatic heterocycles. The van der Waals surface area contributed by atoms with Crippen LogP contribution in [0.1, 0.15) is 17.4 Å². The fourth-order valence-corrected chi connectivity index (χ4v) is 3.52. The van der Waals surface area contributed by atoms with Crippen molar-refractivity contribution in [1.82, 2.24) is 0 Å². The highest BCUT2D eigenvalue weighted by atomic mass is 35.5. The average molecular weight is 441 g/mol. The smallest absolute Gasteiger partial charge is 0.337 e. The highest BCUT2D eigenvalue weighted by Gasteiger charge is 2.40. The molecule has 0 saturated carbocycles.